The number of carbonyl (C=O) groups is 1. The third-order valence-corrected chi connectivity index (χ3v) is 5.82. The van der Waals surface area contributed by atoms with E-state index in [4.69, 9.17) is 4.74 Å². The van der Waals surface area contributed by atoms with Crippen molar-refractivity contribution >= 4 is 5.91 Å². The van der Waals surface area contributed by atoms with Crippen molar-refractivity contribution < 1.29 is 9.53 Å². The average molecular weight is 409 g/mol. The molecule has 4 aromatic rings. The van der Waals surface area contributed by atoms with Crippen molar-refractivity contribution in [3.05, 3.63) is 107 Å². The summed E-state index contributed by atoms with van der Waals surface area (Å²) in [4.78, 5) is 15.4. The lowest BCUT2D eigenvalue weighted by atomic mass is 9.96. The first-order chi connectivity index (χ1) is 15.2. The minimum atomic E-state index is -0.208. The monoisotopic (exact) mass is 409 g/mol. The molecule has 1 N–H and O–H groups in total. The largest absolute Gasteiger partial charge is 0.497 e. The number of H-pyrrole nitrogens is 1. The second kappa shape index (κ2) is 7.76. The minimum absolute atomic E-state index is 0.0308. The fourth-order valence-corrected chi connectivity index (χ4v) is 4.20. The fourth-order valence-electron chi connectivity index (χ4n) is 4.20. The van der Waals surface area contributed by atoms with E-state index in [1.54, 1.807) is 7.11 Å². The van der Waals surface area contributed by atoms with Crippen LogP contribution in [0.15, 0.2) is 78.9 Å². The molecule has 1 aliphatic heterocycles. The van der Waals surface area contributed by atoms with Gasteiger partial charge < -0.3 is 9.64 Å². The van der Waals surface area contributed by atoms with Gasteiger partial charge >= 0.3 is 0 Å². The highest BCUT2D eigenvalue weighted by Gasteiger charge is 2.42. The lowest BCUT2D eigenvalue weighted by Crippen LogP contribution is -2.29. The molecular formula is C26H23N3O2. The quantitative estimate of drug-likeness (QED) is 0.497. The van der Waals surface area contributed by atoms with E-state index in [-0.39, 0.29) is 11.9 Å². The Bertz CT molecular complexity index is 1210. The van der Waals surface area contributed by atoms with Gasteiger partial charge in [0.15, 0.2) is 0 Å². The SMILES string of the molecule is COc1ccc(-c2n[nH]c3c2C(c2ccccc2)N(Cc2ccc(C)cc2)C3=O)cc1. The molecule has 0 saturated carbocycles. The summed E-state index contributed by atoms with van der Waals surface area (Å²) >= 11 is 0. The Kier molecular flexibility index (Phi) is 4.79. The maximum atomic E-state index is 13.4. The van der Waals surface area contributed by atoms with Gasteiger partial charge in [0.05, 0.1) is 18.8 Å². The number of carbonyl (C=O) groups excluding carboxylic acids is 1. The van der Waals surface area contributed by atoms with Gasteiger partial charge in [0.25, 0.3) is 5.91 Å². The van der Waals surface area contributed by atoms with Gasteiger partial charge in [-0.25, -0.2) is 0 Å². The molecule has 1 unspecified atom stereocenters. The van der Waals surface area contributed by atoms with E-state index in [0.717, 1.165) is 33.7 Å². The van der Waals surface area contributed by atoms with Crippen LogP contribution in [0, 0.1) is 6.92 Å². The van der Waals surface area contributed by atoms with Crippen LogP contribution in [-0.4, -0.2) is 28.1 Å². The predicted octanol–water partition coefficient (Wildman–Crippen LogP) is 5.14. The lowest BCUT2D eigenvalue weighted by Gasteiger charge is -2.26. The highest BCUT2D eigenvalue weighted by Crippen LogP contribution is 2.43. The van der Waals surface area contributed by atoms with Gasteiger partial charge in [0.2, 0.25) is 0 Å². The van der Waals surface area contributed by atoms with Crippen LogP contribution < -0.4 is 4.74 Å². The number of aromatic nitrogens is 2. The van der Waals surface area contributed by atoms with Crippen molar-refractivity contribution in [2.75, 3.05) is 7.11 Å². The molecule has 1 aromatic heterocycles. The number of ether oxygens (including phenoxy) is 1. The number of aryl methyl sites for hydroxylation is 1. The van der Waals surface area contributed by atoms with Crippen LogP contribution in [0.4, 0.5) is 0 Å². The molecule has 0 fully saturated rings. The standard InChI is InChI=1S/C26H23N3O2/c1-17-8-10-18(11-9-17)16-29-25(20-6-4-3-5-7-20)22-23(27-28-24(22)26(29)30)19-12-14-21(31-2)15-13-19/h3-15,25H,16H2,1-2H3,(H,27,28). The van der Waals surface area contributed by atoms with Gasteiger partial charge in [0.1, 0.15) is 11.4 Å². The Morgan fingerprint density at radius 1 is 0.968 bits per heavy atom. The van der Waals surface area contributed by atoms with Crippen molar-refractivity contribution in [2.24, 2.45) is 0 Å². The van der Waals surface area contributed by atoms with E-state index >= 15 is 0 Å². The molecular weight excluding hydrogens is 386 g/mol. The number of nitrogens with zero attached hydrogens (tertiary/aromatic N) is 2. The summed E-state index contributed by atoms with van der Waals surface area (Å²) in [7, 11) is 1.65. The number of hydrogen-bond donors (Lipinski definition) is 1. The topological polar surface area (TPSA) is 58.2 Å². The van der Waals surface area contributed by atoms with E-state index in [1.807, 2.05) is 47.4 Å². The number of rotatable bonds is 5. The fraction of sp³-hybridized carbons (Fsp3) is 0.154. The predicted molar refractivity (Wildman–Crippen MR) is 120 cm³/mol. The number of aromatic amines is 1. The summed E-state index contributed by atoms with van der Waals surface area (Å²) in [6.07, 6.45) is 0. The van der Waals surface area contributed by atoms with Crippen LogP contribution in [0.2, 0.25) is 0 Å². The van der Waals surface area contributed by atoms with Crippen LogP contribution in [0.5, 0.6) is 5.75 Å². The number of amides is 1. The average Bonchev–Trinajstić information content (AvgIpc) is 3.35. The Morgan fingerprint density at radius 3 is 2.35 bits per heavy atom. The summed E-state index contributed by atoms with van der Waals surface area (Å²) < 4.78 is 5.29. The Labute approximate surface area is 181 Å². The summed E-state index contributed by atoms with van der Waals surface area (Å²) in [6.45, 7) is 2.60. The van der Waals surface area contributed by atoms with Crippen molar-refractivity contribution in [3.63, 3.8) is 0 Å². The zero-order chi connectivity index (χ0) is 21.4. The Balaban J connectivity index is 1.61. The van der Waals surface area contributed by atoms with Crippen LogP contribution >= 0.6 is 0 Å². The van der Waals surface area contributed by atoms with Crippen molar-refractivity contribution in [1.29, 1.82) is 0 Å². The van der Waals surface area contributed by atoms with Gasteiger partial charge in [-0.1, -0.05) is 60.2 Å². The molecule has 0 aliphatic carbocycles. The van der Waals surface area contributed by atoms with Crippen LogP contribution in [0.3, 0.4) is 0 Å². The lowest BCUT2D eigenvalue weighted by molar-refractivity contribution is 0.0730. The Morgan fingerprint density at radius 2 is 1.68 bits per heavy atom. The molecule has 1 aliphatic rings. The molecule has 3 aromatic carbocycles. The van der Waals surface area contributed by atoms with Crippen molar-refractivity contribution in [1.82, 2.24) is 15.1 Å². The summed E-state index contributed by atoms with van der Waals surface area (Å²) in [5.74, 6) is 0.754. The molecule has 0 bridgehead atoms. The van der Waals surface area contributed by atoms with Crippen molar-refractivity contribution in [2.45, 2.75) is 19.5 Å². The molecule has 154 valence electrons. The van der Waals surface area contributed by atoms with Gasteiger partial charge in [-0.15, -0.1) is 0 Å². The normalized spacial score (nSPS) is 15.2. The van der Waals surface area contributed by atoms with E-state index < -0.39 is 0 Å². The van der Waals surface area contributed by atoms with Crippen LogP contribution in [0.25, 0.3) is 11.3 Å². The first-order valence-corrected chi connectivity index (χ1v) is 10.3. The van der Waals surface area contributed by atoms with E-state index in [1.165, 1.54) is 5.56 Å². The van der Waals surface area contributed by atoms with E-state index in [2.05, 4.69) is 53.5 Å². The van der Waals surface area contributed by atoms with E-state index in [0.29, 0.717) is 12.2 Å². The third-order valence-electron chi connectivity index (χ3n) is 5.82. The molecule has 31 heavy (non-hydrogen) atoms. The molecule has 2 heterocycles. The summed E-state index contributed by atoms with van der Waals surface area (Å²) in [5.41, 5.74) is 6.60. The molecule has 1 amide bonds. The second-order valence-corrected chi connectivity index (χ2v) is 7.82. The molecule has 5 rings (SSSR count). The maximum absolute atomic E-state index is 13.4. The zero-order valence-electron chi connectivity index (χ0n) is 17.5. The second-order valence-electron chi connectivity index (χ2n) is 7.82. The number of fused-ring (bicyclic) bond motifs is 1. The van der Waals surface area contributed by atoms with E-state index in [9.17, 15) is 4.79 Å². The number of hydrogen-bond acceptors (Lipinski definition) is 3. The number of benzene rings is 3. The van der Waals surface area contributed by atoms with Gasteiger partial charge in [-0.3, -0.25) is 9.89 Å². The molecule has 5 nitrogen and oxygen atoms in total. The van der Waals surface area contributed by atoms with Crippen LogP contribution in [-0.2, 0) is 6.54 Å². The number of methoxy groups -OCH3 is 1. The zero-order valence-corrected chi connectivity index (χ0v) is 17.5. The smallest absolute Gasteiger partial charge is 0.273 e. The van der Waals surface area contributed by atoms with Crippen LogP contribution in [0.1, 0.15) is 38.8 Å². The molecule has 0 radical (unpaired) electrons. The first-order valence-electron chi connectivity index (χ1n) is 10.3. The van der Waals surface area contributed by atoms with Crippen molar-refractivity contribution in [3.8, 4) is 17.0 Å². The Hall–Kier alpha value is -3.86. The number of nitrogens with one attached hydrogen (secondary N) is 1. The first kappa shape index (κ1) is 19.1. The highest BCUT2D eigenvalue weighted by atomic mass is 16.5. The van der Waals surface area contributed by atoms with Gasteiger partial charge in [-0.2, -0.15) is 5.10 Å². The maximum Gasteiger partial charge on any atom is 0.273 e. The molecule has 0 spiro atoms. The van der Waals surface area contributed by atoms with Gasteiger partial charge in [-0.05, 0) is 42.3 Å². The molecule has 0 saturated heterocycles. The highest BCUT2D eigenvalue weighted by molar-refractivity contribution is 6.00. The minimum Gasteiger partial charge on any atom is -0.497 e. The summed E-state index contributed by atoms with van der Waals surface area (Å²) in [6, 6.07) is 26.0. The third kappa shape index (κ3) is 3.38. The summed E-state index contributed by atoms with van der Waals surface area (Å²) in [5, 5.41) is 7.54. The molecule has 1 atom stereocenters. The molecule has 5 heteroatoms. The van der Waals surface area contributed by atoms with Gasteiger partial charge in [0, 0.05) is 17.7 Å².